The zero-order chi connectivity index (χ0) is 8.27. The minimum absolute atomic E-state index is 0.962. The van der Waals surface area contributed by atoms with Gasteiger partial charge in [0.2, 0.25) is 0 Å². The van der Waals surface area contributed by atoms with E-state index in [4.69, 9.17) is 0 Å². The molecule has 1 rings (SSSR count). The summed E-state index contributed by atoms with van der Waals surface area (Å²) in [6, 6.07) is 4.13. The minimum atomic E-state index is 0.962. The van der Waals surface area contributed by atoms with Crippen molar-refractivity contribution in [2.24, 2.45) is 0 Å². The summed E-state index contributed by atoms with van der Waals surface area (Å²) < 4.78 is 1.05. The van der Waals surface area contributed by atoms with Crippen LogP contribution in [-0.4, -0.2) is 24.0 Å². The molecular formula is C8H11IN2. The molecular weight excluding hydrogens is 251 g/mol. The second-order valence-electron chi connectivity index (χ2n) is 2.73. The summed E-state index contributed by atoms with van der Waals surface area (Å²) in [5.41, 5.74) is 1.26. The summed E-state index contributed by atoms with van der Waals surface area (Å²) in [6.07, 6.45) is 1.92. The van der Waals surface area contributed by atoms with E-state index in [0.29, 0.717) is 0 Å². The first-order valence-electron chi connectivity index (χ1n) is 3.43. The molecule has 0 aliphatic rings. The van der Waals surface area contributed by atoms with Gasteiger partial charge in [-0.2, -0.15) is 0 Å². The molecule has 11 heavy (non-hydrogen) atoms. The zero-order valence-electron chi connectivity index (χ0n) is 6.71. The Kier molecular flexibility index (Phi) is 3.26. The normalized spacial score (nSPS) is 10.5. The van der Waals surface area contributed by atoms with Gasteiger partial charge in [0.05, 0.1) is 0 Å². The fourth-order valence-electron chi connectivity index (χ4n) is 0.865. The van der Waals surface area contributed by atoms with Crippen molar-refractivity contribution >= 4 is 22.6 Å². The van der Waals surface area contributed by atoms with Crippen LogP contribution in [0.25, 0.3) is 0 Å². The van der Waals surface area contributed by atoms with Crippen molar-refractivity contribution in [3.8, 4) is 0 Å². The molecule has 2 nitrogen and oxygen atoms in total. The lowest BCUT2D eigenvalue weighted by Crippen LogP contribution is -2.10. The highest BCUT2D eigenvalue weighted by atomic mass is 127. The zero-order valence-corrected chi connectivity index (χ0v) is 8.87. The van der Waals surface area contributed by atoms with Crippen LogP contribution >= 0.6 is 22.6 Å². The Labute approximate surface area is 80.8 Å². The first-order chi connectivity index (χ1) is 5.18. The highest BCUT2D eigenvalue weighted by Crippen LogP contribution is 2.03. The summed E-state index contributed by atoms with van der Waals surface area (Å²) in [7, 11) is 4.11. The van der Waals surface area contributed by atoms with E-state index in [0.717, 1.165) is 10.2 Å². The van der Waals surface area contributed by atoms with Crippen LogP contribution in [-0.2, 0) is 6.54 Å². The van der Waals surface area contributed by atoms with Crippen LogP contribution in [0.4, 0.5) is 0 Å². The molecule has 0 unspecified atom stereocenters. The van der Waals surface area contributed by atoms with Gasteiger partial charge in [0.25, 0.3) is 0 Å². The molecule has 0 aliphatic carbocycles. The molecule has 1 aromatic heterocycles. The van der Waals surface area contributed by atoms with Gasteiger partial charge in [-0.1, -0.05) is 6.07 Å². The van der Waals surface area contributed by atoms with Crippen LogP contribution in [0.3, 0.4) is 0 Å². The van der Waals surface area contributed by atoms with Crippen LogP contribution in [0.2, 0.25) is 0 Å². The maximum Gasteiger partial charge on any atom is 0.101 e. The lowest BCUT2D eigenvalue weighted by Gasteiger charge is -2.08. The smallest absolute Gasteiger partial charge is 0.101 e. The topological polar surface area (TPSA) is 16.1 Å². The van der Waals surface area contributed by atoms with Crippen LogP contribution in [0.15, 0.2) is 18.3 Å². The van der Waals surface area contributed by atoms with E-state index >= 15 is 0 Å². The van der Waals surface area contributed by atoms with Gasteiger partial charge in [-0.3, -0.25) is 4.98 Å². The molecule has 0 radical (unpaired) electrons. The largest absolute Gasteiger partial charge is 0.305 e. The molecule has 0 saturated heterocycles. The molecule has 3 heteroatoms. The van der Waals surface area contributed by atoms with Crippen molar-refractivity contribution in [1.29, 1.82) is 0 Å². The van der Waals surface area contributed by atoms with Crippen LogP contribution in [0.1, 0.15) is 5.56 Å². The Bertz CT molecular complexity index is 218. The van der Waals surface area contributed by atoms with Gasteiger partial charge in [-0.05, 0) is 48.3 Å². The number of pyridine rings is 1. The molecule has 0 saturated carbocycles. The van der Waals surface area contributed by atoms with Gasteiger partial charge in [0.15, 0.2) is 0 Å². The quantitative estimate of drug-likeness (QED) is 0.596. The van der Waals surface area contributed by atoms with Crippen LogP contribution < -0.4 is 0 Å². The fraction of sp³-hybridized carbons (Fsp3) is 0.375. The van der Waals surface area contributed by atoms with Gasteiger partial charge in [0.1, 0.15) is 3.70 Å². The lowest BCUT2D eigenvalue weighted by molar-refractivity contribution is 0.402. The van der Waals surface area contributed by atoms with Gasteiger partial charge < -0.3 is 4.90 Å². The third kappa shape index (κ3) is 3.16. The maximum atomic E-state index is 4.19. The third-order valence-electron chi connectivity index (χ3n) is 1.29. The molecule has 0 amide bonds. The Hall–Kier alpha value is -0.160. The summed E-state index contributed by atoms with van der Waals surface area (Å²) in [6.45, 7) is 0.962. The molecule has 1 aromatic rings. The number of rotatable bonds is 2. The van der Waals surface area contributed by atoms with Crippen molar-refractivity contribution in [2.75, 3.05) is 14.1 Å². The fourth-order valence-corrected chi connectivity index (χ4v) is 1.18. The van der Waals surface area contributed by atoms with E-state index < -0.39 is 0 Å². The molecule has 0 fully saturated rings. The monoisotopic (exact) mass is 262 g/mol. The summed E-state index contributed by atoms with van der Waals surface area (Å²) >= 11 is 2.21. The summed E-state index contributed by atoms with van der Waals surface area (Å²) in [5, 5.41) is 0. The molecule has 60 valence electrons. The van der Waals surface area contributed by atoms with Gasteiger partial charge in [0, 0.05) is 12.7 Å². The van der Waals surface area contributed by atoms with Crippen molar-refractivity contribution in [1.82, 2.24) is 9.88 Å². The van der Waals surface area contributed by atoms with E-state index in [2.05, 4.69) is 52.6 Å². The minimum Gasteiger partial charge on any atom is -0.305 e. The first-order valence-corrected chi connectivity index (χ1v) is 4.51. The second-order valence-corrected chi connectivity index (χ2v) is 3.83. The Balaban J connectivity index is 2.66. The molecule has 0 atom stereocenters. The summed E-state index contributed by atoms with van der Waals surface area (Å²) in [4.78, 5) is 6.32. The molecule has 1 heterocycles. The Morgan fingerprint density at radius 2 is 2.18 bits per heavy atom. The van der Waals surface area contributed by atoms with E-state index in [9.17, 15) is 0 Å². The maximum absolute atomic E-state index is 4.19. The predicted octanol–water partition coefficient (Wildman–Crippen LogP) is 1.75. The number of aromatic nitrogens is 1. The average molecular weight is 262 g/mol. The number of hydrogen-bond acceptors (Lipinski definition) is 2. The van der Waals surface area contributed by atoms with E-state index in [-0.39, 0.29) is 0 Å². The molecule has 0 aromatic carbocycles. The lowest BCUT2D eigenvalue weighted by atomic mass is 10.3. The van der Waals surface area contributed by atoms with E-state index in [1.807, 2.05) is 12.3 Å². The molecule has 0 N–H and O–H groups in total. The highest BCUT2D eigenvalue weighted by Gasteiger charge is 1.94. The third-order valence-corrected chi connectivity index (χ3v) is 1.93. The molecule has 0 bridgehead atoms. The van der Waals surface area contributed by atoms with Crippen molar-refractivity contribution in [2.45, 2.75) is 6.54 Å². The average Bonchev–Trinajstić information content (AvgIpc) is 1.93. The molecule has 0 spiro atoms. The second kappa shape index (κ2) is 4.01. The van der Waals surface area contributed by atoms with E-state index in [1.54, 1.807) is 0 Å². The van der Waals surface area contributed by atoms with Gasteiger partial charge >= 0.3 is 0 Å². The highest BCUT2D eigenvalue weighted by molar-refractivity contribution is 14.1. The van der Waals surface area contributed by atoms with Crippen molar-refractivity contribution in [3.05, 3.63) is 27.6 Å². The molecule has 0 aliphatic heterocycles. The van der Waals surface area contributed by atoms with Crippen LogP contribution in [0, 0.1) is 3.70 Å². The van der Waals surface area contributed by atoms with Gasteiger partial charge in [-0.25, -0.2) is 0 Å². The van der Waals surface area contributed by atoms with Crippen molar-refractivity contribution < 1.29 is 0 Å². The Morgan fingerprint density at radius 3 is 2.64 bits per heavy atom. The predicted molar refractivity (Wildman–Crippen MR) is 54.3 cm³/mol. The number of nitrogens with zero attached hydrogens (tertiary/aromatic N) is 2. The number of hydrogen-bond donors (Lipinski definition) is 0. The Morgan fingerprint density at radius 1 is 1.45 bits per heavy atom. The number of halogens is 1. The summed E-state index contributed by atoms with van der Waals surface area (Å²) in [5.74, 6) is 0. The SMILES string of the molecule is CN(C)Cc1ccc(I)nc1. The van der Waals surface area contributed by atoms with Gasteiger partial charge in [-0.15, -0.1) is 0 Å². The van der Waals surface area contributed by atoms with Crippen LogP contribution in [0.5, 0.6) is 0 Å². The first kappa shape index (κ1) is 8.93. The van der Waals surface area contributed by atoms with E-state index in [1.165, 1.54) is 5.56 Å². The van der Waals surface area contributed by atoms with Crippen molar-refractivity contribution in [3.63, 3.8) is 0 Å². The standard InChI is InChI=1S/C8H11IN2/c1-11(2)6-7-3-4-8(9)10-5-7/h3-5H,6H2,1-2H3.